The number of nitrogens with zero attached hydrogens (tertiary/aromatic N) is 1. The van der Waals surface area contributed by atoms with Gasteiger partial charge in [-0.15, -0.1) is 0 Å². The lowest BCUT2D eigenvalue weighted by Gasteiger charge is -2.40. The number of methoxy groups -OCH3 is 1. The molecule has 2 aliphatic heterocycles. The zero-order valence-electron chi connectivity index (χ0n) is 20.3. The molecule has 2 saturated heterocycles. The number of rotatable bonds is 9. The second-order valence-electron chi connectivity index (χ2n) is 8.87. The fourth-order valence-electron chi connectivity index (χ4n) is 4.54. The third-order valence-corrected chi connectivity index (χ3v) is 7.72. The average Bonchev–Trinajstić information content (AvgIpc) is 3.18. The first-order chi connectivity index (χ1) is 15.8. The van der Waals surface area contributed by atoms with Crippen LogP contribution in [0.1, 0.15) is 38.7 Å². The minimum Gasteiger partial charge on any atom is -0.497 e. The average molecular weight is 464 g/mol. The molecule has 1 aromatic carbocycles. The lowest BCUT2D eigenvalue weighted by atomic mass is 9.77. The van der Waals surface area contributed by atoms with Gasteiger partial charge in [-0.1, -0.05) is 74.5 Å². The minimum absolute atomic E-state index is 0.365. The predicted octanol–water partition coefficient (Wildman–Crippen LogP) is 6.38. The van der Waals surface area contributed by atoms with Gasteiger partial charge in [0.2, 0.25) is 0 Å². The molecule has 3 rings (SSSR count). The van der Waals surface area contributed by atoms with Gasteiger partial charge in [-0.2, -0.15) is 0 Å². The summed E-state index contributed by atoms with van der Waals surface area (Å²) in [6.45, 7) is 23.9. The molecular formula is C28H37N3OS. The topological polar surface area (TPSA) is 36.5 Å². The molecule has 1 spiro atoms. The van der Waals surface area contributed by atoms with Crippen LogP contribution in [0.25, 0.3) is 5.57 Å². The van der Waals surface area contributed by atoms with E-state index in [1.807, 2.05) is 13.0 Å². The van der Waals surface area contributed by atoms with Crippen LogP contribution in [0, 0.1) is 5.41 Å². The highest BCUT2D eigenvalue weighted by Crippen LogP contribution is 2.42. The van der Waals surface area contributed by atoms with Crippen LogP contribution >= 0.6 is 11.8 Å². The summed E-state index contributed by atoms with van der Waals surface area (Å²) in [7, 11) is 1.65. The van der Waals surface area contributed by atoms with Crippen molar-refractivity contribution in [1.29, 1.82) is 0 Å². The third kappa shape index (κ3) is 5.97. The number of benzene rings is 1. The Balaban J connectivity index is 1.69. The van der Waals surface area contributed by atoms with Gasteiger partial charge in [-0.3, -0.25) is 0 Å². The van der Waals surface area contributed by atoms with E-state index in [9.17, 15) is 0 Å². The maximum absolute atomic E-state index is 5.45. The summed E-state index contributed by atoms with van der Waals surface area (Å²) in [6, 6.07) is 10.4. The molecule has 0 radical (unpaired) electrons. The molecule has 0 unspecified atom stereocenters. The second kappa shape index (κ2) is 10.9. The monoisotopic (exact) mass is 463 g/mol. The standard InChI is InChI=1S/C28H37N3OS/c1-8-26(25-12-10-9-11-13-25)27(21(3)22(4)32-7)33-24(6)30-23(5)31-16-14-28(15-17-31)18-20(2)29-19-28/h8-13,29-30H,2,4-6,14-19H2,1,3,7H3/b26-8-,27-21+. The first-order valence-electron chi connectivity index (χ1n) is 11.4. The van der Waals surface area contributed by atoms with Crippen molar-refractivity contribution in [2.75, 3.05) is 26.7 Å². The maximum atomic E-state index is 5.45. The lowest BCUT2D eigenvalue weighted by molar-refractivity contribution is 0.142. The summed E-state index contributed by atoms with van der Waals surface area (Å²) in [5.74, 6) is 1.55. The van der Waals surface area contributed by atoms with Crippen LogP contribution in [0.15, 0.2) is 95.5 Å². The summed E-state index contributed by atoms with van der Waals surface area (Å²) < 4.78 is 5.45. The van der Waals surface area contributed by atoms with E-state index in [2.05, 4.69) is 79.1 Å². The SMILES string of the molecule is C=C1CC2(CCN(C(=C)NC(=C)SC(/C(=C\C)c3ccccc3)=C(\C)C(=C)OC)CC2)CN1. The van der Waals surface area contributed by atoms with Gasteiger partial charge in [0.05, 0.1) is 18.0 Å². The van der Waals surface area contributed by atoms with Crippen molar-refractivity contribution in [2.45, 2.75) is 33.1 Å². The van der Waals surface area contributed by atoms with Gasteiger partial charge in [0, 0.05) is 35.8 Å². The zero-order valence-corrected chi connectivity index (χ0v) is 21.1. The molecule has 2 heterocycles. The molecule has 0 aromatic heterocycles. The Morgan fingerprint density at radius 3 is 2.39 bits per heavy atom. The smallest absolute Gasteiger partial charge is 0.115 e. The molecule has 0 atom stereocenters. The van der Waals surface area contributed by atoms with Gasteiger partial charge >= 0.3 is 0 Å². The summed E-state index contributed by atoms with van der Waals surface area (Å²) in [4.78, 5) is 3.39. The third-order valence-electron chi connectivity index (χ3n) is 6.64. The van der Waals surface area contributed by atoms with Crippen LogP contribution < -0.4 is 10.6 Å². The molecule has 2 aliphatic rings. The number of nitrogens with one attached hydrogen (secondary N) is 2. The van der Waals surface area contributed by atoms with E-state index >= 15 is 0 Å². The first-order valence-corrected chi connectivity index (χ1v) is 12.3. The zero-order chi connectivity index (χ0) is 24.0. The lowest BCUT2D eigenvalue weighted by Crippen LogP contribution is -2.42. The Hall–Kier alpha value is -2.79. The number of allylic oxidation sites excluding steroid dienone is 4. The van der Waals surface area contributed by atoms with Crippen LogP contribution in [-0.4, -0.2) is 31.6 Å². The van der Waals surface area contributed by atoms with E-state index in [0.717, 1.165) is 71.4 Å². The molecule has 0 saturated carbocycles. The summed E-state index contributed by atoms with van der Waals surface area (Å²) >= 11 is 1.59. The Labute approximate surface area is 203 Å². The van der Waals surface area contributed by atoms with E-state index in [4.69, 9.17) is 4.74 Å². The van der Waals surface area contributed by atoms with Crippen LogP contribution in [0.5, 0.6) is 0 Å². The number of hydrogen-bond donors (Lipinski definition) is 2. The van der Waals surface area contributed by atoms with E-state index in [1.54, 1.807) is 18.9 Å². The Morgan fingerprint density at radius 1 is 1.18 bits per heavy atom. The normalized spacial score (nSPS) is 18.5. The highest BCUT2D eigenvalue weighted by molar-refractivity contribution is 8.07. The summed E-state index contributed by atoms with van der Waals surface area (Å²) in [5, 5.41) is 7.70. The fourth-order valence-corrected chi connectivity index (χ4v) is 5.57. The van der Waals surface area contributed by atoms with E-state index in [1.165, 1.54) is 5.70 Å². The Kier molecular flexibility index (Phi) is 8.20. The van der Waals surface area contributed by atoms with Crippen LogP contribution in [-0.2, 0) is 4.74 Å². The van der Waals surface area contributed by atoms with Gasteiger partial charge < -0.3 is 20.3 Å². The molecule has 5 heteroatoms. The van der Waals surface area contributed by atoms with Crippen LogP contribution in [0.2, 0.25) is 0 Å². The molecule has 2 fully saturated rings. The highest BCUT2D eigenvalue weighted by atomic mass is 32.2. The molecule has 176 valence electrons. The minimum atomic E-state index is 0.365. The molecule has 4 nitrogen and oxygen atoms in total. The molecular weight excluding hydrogens is 426 g/mol. The van der Waals surface area contributed by atoms with Gasteiger partial charge in [0.25, 0.3) is 0 Å². The molecule has 0 aliphatic carbocycles. The van der Waals surface area contributed by atoms with Crippen molar-refractivity contribution in [3.8, 4) is 0 Å². The summed E-state index contributed by atoms with van der Waals surface area (Å²) in [5.41, 5.74) is 4.80. The van der Waals surface area contributed by atoms with Gasteiger partial charge in [-0.25, -0.2) is 0 Å². The van der Waals surface area contributed by atoms with Gasteiger partial charge in [0.15, 0.2) is 0 Å². The Bertz CT molecular complexity index is 982. The van der Waals surface area contributed by atoms with Crippen molar-refractivity contribution < 1.29 is 4.74 Å². The number of likely N-dealkylation sites (tertiary alicyclic amines) is 1. The first kappa shape index (κ1) is 24.8. The quantitative estimate of drug-likeness (QED) is 0.328. The van der Waals surface area contributed by atoms with Gasteiger partial charge in [0.1, 0.15) is 5.76 Å². The predicted molar refractivity (Wildman–Crippen MR) is 143 cm³/mol. The number of hydrogen-bond acceptors (Lipinski definition) is 5. The van der Waals surface area contributed by atoms with Crippen LogP contribution in [0.4, 0.5) is 0 Å². The van der Waals surface area contributed by atoms with Gasteiger partial charge in [-0.05, 0) is 49.7 Å². The maximum Gasteiger partial charge on any atom is 0.115 e. The van der Waals surface area contributed by atoms with Crippen molar-refractivity contribution in [3.63, 3.8) is 0 Å². The highest BCUT2D eigenvalue weighted by Gasteiger charge is 2.38. The Morgan fingerprint density at radius 2 is 1.85 bits per heavy atom. The number of ether oxygens (including phenoxy) is 1. The largest absolute Gasteiger partial charge is 0.497 e. The van der Waals surface area contributed by atoms with E-state index < -0.39 is 0 Å². The van der Waals surface area contributed by atoms with Crippen molar-refractivity contribution in [2.24, 2.45) is 5.41 Å². The fraction of sp³-hybridized carbons (Fsp3) is 0.357. The van der Waals surface area contributed by atoms with Crippen molar-refractivity contribution >= 4 is 17.3 Å². The van der Waals surface area contributed by atoms with E-state index in [0.29, 0.717) is 11.2 Å². The van der Waals surface area contributed by atoms with Crippen molar-refractivity contribution in [3.05, 3.63) is 101 Å². The summed E-state index contributed by atoms with van der Waals surface area (Å²) in [6.07, 6.45) is 5.51. The molecule has 2 N–H and O–H groups in total. The molecule has 1 aromatic rings. The molecule has 0 amide bonds. The molecule has 0 bridgehead atoms. The number of piperidine rings is 1. The number of thioether (sulfide) groups is 1. The molecule has 33 heavy (non-hydrogen) atoms. The van der Waals surface area contributed by atoms with E-state index in [-0.39, 0.29) is 0 Å². The van der Waals surface area contributed by atoms with Crippen molar-refractivity contribution in [1.82, 2.24) is 15.5 Å². The van der Waals surface area contributed by atoms with Crippen LogP contribution in [0.3, 0.4) is 0 Å². The second-order valence-corrected chi connectivity index (χ2v) is 9.97.